The summed E-state index contributed by atoms with van der Waals surface area (Å²) >= 11 is 3.41. The van der Waals surface area contributed by atoms with E-state index >= 15 is 0 Å². The van der Waals surface area contributed by atoms with Gasteiger partial charge in [-0.25, -0.2) is 4.39 Å². The second kappa shape index (κ2) is 7.26. The Kier molecular flexibility index (Phi) is 5.36. The lowest BCUT2D eigenvalue weighted by Gasteiger charge is -2.08. The Hall–Kier alpha value is -1.39. The molecule has 0 saturated heterocycles. The summed E-state index contributed by atoms with van der Waals surface area (Å²) in [6.07, 6.45) is 0. The summed E-state index contributed by atoms with van der Waals surface area (Å²) in [4.78, 5) is 0. The second-order valence-electron chi connectivity index (χ2n) is 4.08. The number of hydrogen-bond donors (Lipinski definition) is 1. The lowest BCUT2D eigenvalue weighted by Crippen LogP contribution is -2.09. The van der Waals surface area contributed by atoms with E-state index in [0.717, 1.165) is 10.2 Å². The van der Waals surface area contributed by atoms with Gasteiger partial charge in [0, 0.05) is 22.3 Å². The predicted molar refractivity (Wildman–Crippen MR) is 78.7 cm³/mol. The molecule has 0 unspecified atom stereocenters. The first-order valence-corrected chi connectivity index (χ1v) is 6.85. The number of hydrogen-bond acceptors (Lipinski definition) is 2. The quantitative estimate of drug-likeness (QED) is 0.804. The molecule has 0 bridgehead atoms. The highest BCUT2D eigenvalue weighted by molar-refractivity contribution is 9.10. The summed E-state index contributed by atoms with van der Waals surface area (Å²) in [5, 5.41) is 3.24. The molecule has 2 aromatic rings. The summed E-state index contributed by atoms with van der Waals surface area (Å²) < 4.78 is 19.8. The van der Waals surface area contributed by atoms with Crippen LogP contribution in [-0.4, -0.2) is 13.2 Å². The van der Waals surface area contributed by atoms with Gasteiger partial charge < -0.3 is 10.1 Å². The van der Waals surface area contributed by atoms with Crippen molar-refractivity contribution in [2.75, 3.05) is 18.5 Å². The SMILES string of the molecule is Fc1ccccc1COCCNc1cccc(Br)c1. The number of rotatable bonds is 6. The van der Waals surface area contributed by atoms with Gasteiger partial charge in [0.25, 0.3) is 0 Å². The lowest BCUT2D eigenvalue weighted by molar-refractivity contribution is 0.128. The highest BCUT2D eigenvalue weighted by Crippen LogP contribution is 2.15. The molecule has 0 aliphatic rings. The van der Waals surface area contributed by atoms with E-state index in [1.54, 1.807) is 12.1 Å². The van der Waals surface area contributed by atoms with Gasteiger partial charge in [-0.2, -0.15) is 0 Å². The van der Waals surface area contributed by atoms with Crippen LogP contribution in [0.4, 0.5) is 10.1 Å². The van der Waals surface area contributed by atoms with Gasteiger partial charge in [-0.3, -0.25) is 0 Å². The molecule has 0 aromatic heterocycles. The van der Waals surface area contributed by atoms with Gasteiger partial charge in [0.15, 0.2) is 0 Å². The molecule has 0 fully saturated rings. The van der Waals surface area contributed by atoms with Crippen LogP contribution < -0.4 is 5.32 Å². The smallest absolute Gasteiger partial charge is 0.128 e. The van der Waals surface area contributed by atoms with E-state index in [1.165, 1.54) is 6.07 Å². The van der Waals surface area contributed by atoms with Crippen LogP contribution in [0.5, 0.6) is 0 Å². The first-order valence-electron chi connectivity index (χ1n) is 6.06. The number of halogens is 2. The van der Waals surface area contributed by atoms with Gasteiger partial charge in [0.1, 0.15) is 5.82 Å². The van der Waals surface area contributed by atoms with Crippen LogP contribution >= 0.6 is 15.9 Å². The minimum atomic E-state index is -0.220. The minimum Gasteiger partial charge on any atom is -0.383 e. The monoisotopic (exact) mass is 323 g/mol. The van der Waals surface area contributed by atoms with Crippen molar-refractivity contribution in [3.8, 4) is 0 Å². The van der Waals surface area contributed by atoms with Crippen molar-refractivity contribution in [2.45, 2.75) is 6.61 Å². The average molecular weight is 324 g/mol. The Balaban J connectivity index is 1.69. The largest absolute Gasteiger partial charge is 0.383 e. The molecule has 1 N–H and O–H groups in total. The fourth-order valence-electron chi connectivity index (χ4n) is 1.66. The Labute approximate surface area is 120 Å². The summed E-state index contributed by atoms with van der Waals surface area (Å²) in [5.74, 6) is -0.220. The normalized spacial score (nSPS) is 10.4. The molecule has 0 radical (unpaired) electrons. The van der Waals surface area contributed by atoms with Gasteiger partial charge in [0.05, 0.1) is 13.2 Å². The van der Waals surface area contributed by atoms with Crippen molar-refractivity contribution in [1.82, 2.24) is 0 Å². The van der Waals surface area contributed by atoms with Gasteiger partial charge in [-0.05, 0) is 24.3 Å². The van der Waals surface area contributed by atoms with E-state index in [4.69, 9.17) is 4.74 Å². The summed E-state index contributed by atoms with van der Waals surface area (Å²) in [6, 6.07) is 14.6. The molecule has 2 rings (SSSR count). The maximum absolute atomic E-state index is 13.3. The van der Waals surface area contributed by atoms with E-state index in [0.29, 0.717) is 25.3 Å². The van der Waals surface area contributed by atoms with Crippen molar-refractivity contribution in [2.24, 2.45) is 0 Å². The third kappa shape index (κ3) is 4.65. The zero-order valence-corrected chi connectivity index (χ0v) is 12.0. The molecule has 0 saturated carbocycles. The highest BCUT2D eigenvalue weighted by atomic mass is 79.9. The van der Waals surface area contributed by atoms with Crippen LogP contribution in [0.3, 0.4) is 0 Å². The third-order valence-electron chi connectivity index (χ3n) is 2.62. The van der Waals surface area contributed by atoms with E-state index in [-0.39, 0.29) is 5.82 Å². The van der Waals surface area contributed by atoms with Crippen molar-refractivity contribution >= 4 is 21.6 Å². The van der Waals surface area contributed by atoms with Crippen LogP contribution in [0.25, 0.3) is 0 Å². The molecule has 0 aliphatic heterocycles. The topological polar surface area (TPSA) is 21.3 Å². The number of nitrogens with one attached hydrogen (secondary N) is 1. The van der Waals surface area contributed by atoms with Gasteiger partial charge >= 0.3 is 0 Å². The first-order chi connectivity index (χ1) is 9.25. The molecule has 2 aromatic carbocycles. The Bertz CT molecular complexity index is 533. The average Bonchev–Trinajstić information content (AvgIpc) is 2.40. The van der Waals surface area contributed by atoms with Gasteiger partial charge in [-0.1, -0.05) is 40.2 Å². The van der Waals surface area contributed by atoms with Gasteiger partial charge in [-0.15, -0.1) is 0 Å². The molecular formula is C15H15BrFNO. The van der Waals surface area contributed by atoms with Crippen LogP contribution in [0.1, 0.15) is 5.56 Å². The van der Waals surface area contributed by atoms with Crippen molar-refractivity contribution in [3.63, 3.8) is 0 Å². The number of ether oxygens (including phenoxy) is 1. The van der Waals surface area contributed by atoms with E-state index in [2.05, 4.69) is 21.2 Å². The third-order valence-corrected chi connectivity index (χ3v) is 3.11. The van der Waals surface area contributed by atoms with Crippen molar-refractivity contribution in [1.29, 1.82) is 0 Å². The van der Waals surface area contributed by atoms with Crippen LogP contribution in [0.2, 0.25) is 0 Å². The molecule has 0 amide bonds. The highest BCUT2D eigenvalue weighted by Gasteiger charge is 2.00. The Morgan fingerprint density at radius 2 is 1.95 bits per heavy atom. The maximum atomic E-state index is 13.3. The summed E-state index contributed by atoms with van der Waals surface area (Å²) in [5.41, 5.74) is 1.62. The van der Waals surface area contributed by atoms with Crippen LogP contribution in [-0.2, 0) is 11.3 Å². The van der Waals surface area contributed by atoms with Crippen molar-refractivity contribution < 1.29 is 9.13 Å². The summed E-state index contributed by atoms with van der Waals surface area (Å²) in [7, 11) is 0. The Morgan fingerprint density at radius 1 is 1.11 bits per heavy atom. The molecule has 0 atom stereocenters. The molecule has 0 heterocycles. The molecule has 0 spiro atoms. The summed E-state index contributed by atoms with van der Waals surface area (Å²) in [6.45, 7) is 1.51. The standard InChI is InChI=1S/C15H15BrFNO/c16-13-5-3-6-14(10-13)18-8-9-19-11-12-4-1-2-7-15(12)17/h1-7,10,18H,8-9,11H2. The fourth-order valence-corrected chi connectivity index (χ4v) is 2.06. The zero-order chi connectivity index (χ0) is 13.5. The molecule has 19 heavy (non-hydrogen) atoms. The molecule has 2 nitrogen and oxygen atoms in total. The van der Waals surface area contributed by atoms with Crippen LogP contribution in [0.15, 0.2) is 53.0 Å². The van der Waals surface area contributed by atoms with E-state index in [9.17, 15) is 4.39 Å². The molecule has 4 heteroatoms. The fraction of sp³-hybridized carbons (Fsp3) is 0.200. The predicted octanol–water partition coefficient (Wildman–Crippen LogP) is 4.22. The molecular weight excluding hydrogens is 309 g/mol. The molecule has 100 valence electrons. The minimum absolute atomic E-state index is 0.220. The van der Waals surface area contributed by atoms with Crippen LogP contribution in [0, 0.1) is 5.82 Å². The lowest BCUT2D eigenvalue weighted by atomic mass is 10.2. The van der Waals surface area contributed by atoms with E-state index in [1.807, 2.05) is 30.3 Å². The maximum Gasteiger partial charge on any atom is 0.128 e. The Morgan fingerprint density at radius 3 is 2.74 bits per heavy atom. The molecule has 0 aliphatic carbocycles. The van der Waals surface area contributed by atoms with Crippen molar-refractivity contribution in [3.05, 3.63) is 64.4 Å². The van der Waals surface area contributed by atoms with E-state index < -0.39 is 0 Å². The zero-order valence-electron chi connectivity index (χ0n) is 10.4. The number of anilines is 1. The first kappa shape index (κ1) is 14.0. The number of benzene rings is 2. The van der Waals surface area contributed by atoms with Gasteiger partial charge in [0.2, 0.25) is 0 Å². The second-order valence-corrected chi connectivity index (χ2v) is 5.00.